The van der Waals surface area contributed by atoms with Crippen molar-refractivity contribution in [2.75, 3.05) is 13.1 Å². The molecule has 2 rings (SSSR count). The monoisotopic (exact) mass is 274 g/mol. The van der Waals surface area contributed by atoms with Gasteiger partial charge in [-0.15, -0.1) is 0 Å². The van der Waals surface area contributed by atoms with Gasteiger partial charge in [-0.05, 0) is 11.1 Å². The molecule has 0 saturated carbocycles. The Bertz CT molecular complexity index is 456. The van der Waals surface area contributed by atoms with Gasteiger partial charge in [0.1, 0.15) is 0 Å². The molecular weight excluding hydrogens is 248 g/mol. The molecule has 0 spiro atoms. The van der Waals surface area contributed by atoms with Gasteiger partial charge in [0.15, 0.2) is 37.9 Å². The number of hydrogen-bond acceptors (Lipinski definition) is 0. The predicted octanol–water partition coefficient (Wildman–Crippen LogP) is -0.807. The number of hydrogen-bond donors (Lipinski definition) is 2. The minimum Gasteiger partial charge on any atom is -0.357 e. The smallest absolute Gasteiger partial charge is 0.169 e. The Hall–Kier alpha value is -1.78. The molecule has 4 heteroatoms. The fraction of sp³-hybridized carbons (Fsp3) is 0.375. The van der Waals surface area contributed by atoms with E-state index in [1.54, 1.807) is 0 Å². The lowest BCUT2D eigenvalue weighted by Gasteiger charge is -2.01. The first-order chi connectivity index (χ1) is 9.83. The van der Waals surface area contributed by atoms with E-state index in [1.165, 1.54) is 11.1 Å². The summed E-state index contributed by atoms with van der Waals surface area (Å²) in [6, 6.07) is 8.72. The molecule has 0 radical (unpaired) electrons. The van der Waals surface area contributed by atoms with E-state index in [9.17, 15) is 0 Å². The third kappa shape index (κ3) is 4.11. The van der Waals surface area contributed by atoms with Crippen molar-refractivity contribution in [3.63, 3.8) is 0 Å². The molecule has 0 amide bonds. The van der Waals surface area contributed by atoms with Crippen molar-refractivity contribution in [2.45, 2.75) is 25.9 Å². The Morgan fingerprint density at radius 1 is 0.650 bits per heavy atom. The van der Waals surface area contributed by atoms with Gasteiger partial charge < -0.3 is 11.5 Å². The van der Waals surface area contributed by atoms with Crippen molar-refractivity contribution in [3.05, 3.63) is 49.1 Å². The van der Waals surface area contributed by atoms with Crippen LogP contribution in [-0.2, 0) is 13.1 Å². The molecular formula is C16H26N4+4. The van der Waals surface area contributed by atoms with Crippen LogP contribution in [0.1, 0.15) is 12.8 Å². The van der Waals surface area contributed by atoms with Crippen LogP contribution in [0.25, 0.3) is 11.1 Å². The number of quaternary nitrogens is 2. The Balaban J connectivity index is 2.03. The number of nitrogens with zero attached hydrogens (tertiary/aromatic N) is 2. The summed E-state index contributed by atoms with van der Waals surface area (Å²) in [4.78, 5) is 0. The van der Waals surface area contributed by atoms with Crippen molar-refractivity contribution in [2.24, 2.45) is 0 Å². The number of aryl methyl sites for hydroxylation is 2. The zero-order valence-corrected chi connectivity index (χ0v) is 12.2. The highest BCUT2D eigenvalue weighted by molar-refractivity contribution is 5.60. The van der Waals surface area contributed by atoms with Crippen LogP contribution in [0.3, 0.4) is 0 Å². The van der Waals surface area contributed by atoms with Gasteiger partial charge in [-0.2, -0.15) is 0 Å². The van der Waals surface area contributed by atoms with E-state index in [4.69, 9.17) is 0 Å². The standard InChI is InChI=1S/C16H24N4/c17-7-1-9-19-11-3-15(4-12-19)16-5-13-20(14-6-16)10-2-8-18/h3-6,11-14H,1-2,7-10,17-18H2/q+2/p+2. The van der Waals surface area contributed by atoms with Crippen LogP contribution in [0.15, 0.2) is 49.1 Å². The van der Waals surface area contributed by atoms with Crippen LogP contribution in [-0.4, -0.2) is 13.1 Å². The Morgan fingerprint density at radius 3 is 1.30 bits per heavy atom. The summed E-state index contributed by atoms with van der Waals surface area (Å²) in [7, 11) is 0. The van der Waals surface area contributed by atoms with E-state index < -0.39 is 0 Å². The minimum absolute atomic E-state index is 0.987. The summed E-state index contributed by atoms with van der Waals surface area (Å²) in [5.41, 5.74) is 10.3. The van der Waals surface area contributed by atoms with Crippen molar-refractivity contribution in [3.8, 4) is 11.1 Å². The van der Waals surface area contributed by atoms with Crippen LogP contribution < -0.4 is 20.6 Å². The lowest BCUT2D eigenvalue weighted by Crippen LogP contribution is -2.51. The third-order valence-electron chi connectivity index (χ3n) is 3.45. The molecule has 0 aliphatic carbocycles. The summed E-state index contributed by atoms with van der Waals surface area (Å²) in [5, 5.41) is 0. The van der Waals surface area contributed by atoms with Crippen LogP contribution in [0, 0.1) is 0 Å². The average molecular weight is 274 g/mol. The molecule has 0 fully saturated rings. The Kier molecular flexibility index (Phi) is 5.65. The summed E-state index contributed by atoms with van der Waals surface area (Å²) in [6.07, 6.45) is 10.8. The first kappa shape index (κ1) is 14.6. The molecule has 0 bridgehead atoms. The molecule has 0 unspecified atom stereocenters. The van der Waals surface area contributed by atoms with Gasteiger partial charge in [0.05, 0.1) is 25.9 Å². The number of pyridine rings is 2. The topological polar surface area (TPSA) is 63.0 Å². The van der Waals surface area contributed by atoms with Gasteiger partial charge in [-0.3, -0.25) is 0 Å². The van der Waals surface area contributed by atoms with Crippen molar-refractivity contribution in [1.82, 2.24) is 0 Å². The van der Waals surface area contributed by atoms with Gasteiger partial charge >= 0.3 is 0 Å². The first-order valence-corrected chi connectivity index (χ1v) is 7.40. The zero-order chi connectivity index (χ0) is 14.2. The predicted molar refractivity (Wildman–Crippen MR) is 77.0 cm³/mol. The highest BCUT2D eigenvalue weighted by Gasteiger charge is 2.05. The normalized spacial score (nSPS) is 10.7. The van der Waals surface area contributed by atoms with E-state index in [0.717, 1.165) is 39.0 Å². The summed E-state index contributed by atoms with van der Waals surface area (Å²) in [6.45, 7) is 4.06. The lowest BCUT2D eigenvalue weighted by molar-refractivity contribution is -0.699. The highest BCUT2D eigenvalue weighted by Crippen LogP contribution is 2.15. The third-order valence-corrected chi connectivity index (χ3v) is 3.45. The summed E-state index contributed by atoms with van der Waals surface area (Å²) < 4.78 is 4.43. The SMILES string of the molecule is [NH3+]CCC[n+]1ccc(-c2cc[n+](CCC[NH3+])cc2)cc1. The average Bonchev–Trinajstić information content (AvgIpc) is 2.52. The van der Waals surface area contributed by atoms with Gasteiger partial charge in [0.25, 0.3) is 0 Å². The molecule has 20 heavy (non-hydrogen) atoms. The molecule has 6 N–H and O–H groups in total. The molecule has 0 aliphatic rings. The second kappa shape index (κ2) is 7.72. The van der Waals surface area contributed by atoms with E-state index >= 15 is 0 Å². The highest BCUT2D eigenvalue weighted by atomic mass is 14.9. The van der Waals surface area contributed by atoms with Gasteiger partial charge in [0.2, 0.25) is 0 Å². The van der Waals surface area contributed by atoms with Crippen LogP contribution >= 0.6 is 0 Å². The maximum absolute atomic E-state index is 3.88. The zero-order valence-electron chi connectivity index (χ0n) is 12.2. The molecule has 2 aromatic heterocycles. The lowest BCUT2D eigenvalue weighted by atomic mass is 10.1. The Labute approximate surface area is 120 Å². The molecule has 0 aliphatic heterocycles. The van der Waals surface area contributed by atoms with E-state index in [0.29, 0.717) is 0 Å². The van der Waals surface area contributed by atoms with Crippen LogP contribution in [0.2, 0.25) is 0 Å². The second-order valence-electron chi connectivity index (χ2n) is 5.06. The maximum atomic E-state index is 3.88. The first-order valence-electron chi connectivity index (χ1n) is 7.40. The molecule has 2 aromatic rings. The molecule has 0 saturated heterocycles. The van der Waals surface area contributed by atoms with Crippen molar-refractivity contribution >= 4 is 0 Å². The van der Waals surface area contributed by atoms with Crippen LogP contribution in [0.4, 0.5) is 0 Å². The largest absolute Gasteiger partial charge is 0.357 e. The number of rotatable bonds is 7. The fourth-order valence-electron chi connectivity index (χ4n) is 2.19. The molecule has 2 heterocycles. The quantitative estimate of drug-likeness (QED) is 0.621. The summed E-state index contributed by atoms with van der Waals surface area (Å²) >= 11 is 0. The van der Waals surface area contributed by atoms with Crippen molar-refractivity contribution in [1.29, 1.82) is 0 Å². The number of aromatic nitrogens is 2. The van der Waals surface area contributed by atoms with Gasteiger partial charge in [-0.1, -0.05) is 0 Å². The molecule has 106 valence electrons. The van der Waals surface area contributed by atoms with Gasteiger partial charge in [0, 0.05) is 24.3 Å². The van der Waals surface area contributed by atoms with E-state index in [2.05, 4.69) is 69.7 Å². The molecule has 0 atom stereocenters. The van der Waals surface area contributed by atoms with Crippen molar-refractivity contribution < 1.29 is 20.6 Å². The molecule has 0 aromatic carbocycles. The molecule has 4 nitrogen and oxygen atoms in total. The minimum atomic E-state index is 0.987. The van der Waals surface area contributed by atoms with E-state index in [-0.39, 0.29) is 0 Å². The Morgan fingerprint density at radius 2 is 1.00 bits per heavy atom. The second-order valence-corrected chi connectivity index (χ2v) is 5.06. The van der Waals surface area contributed by atoms with E-state index in [1.807, 2.05) is 0 Å². The van der Waals surface area contributed by atoms with Crippen LogP contribution in [0.5, 0.6) is 0 Å². The maximum Gasteiger partial charge on any atom is 0.169 e. The van der Waals surface area contributed by atoms with Gasteiger partial charge in [-0.25, -0.2) is 9.13 Å². The fourth-order valence-corrected chi connectivity index (χ4v) is 2.19. The summed E-state index contributed by atoms with van der Waals surface area (Å²) in [5.74, 6) is 0.